The van der Waals surface area contributed by atoms with E-state index >= 15 is 0 Å². The van der Waals surface area contributed by atoms with Gasteiger partial charge in [-0.15, -0.1) is 0 Å². The number of ether oxygens (including phenoxy) is 1. The Balaban J connectivity index is 2.61. The summed E-state index contributed by atoms with van der Waals surface area (Å²) in [6.45, 7) is 5.45. The molecule has 1 atom stereocenters. The Morgan fingerprint density at radius 1 is 1.67 bits per heavy atom. The highest BCUT2D eigenvalue weighted by molar-refractivity contribution is 5.20. The molecule has 86 valence electrons. The first-order valence-electron chi connectivity index (χ1n) is 5.23. The lowest BCUT2D eigenvalue weighted by molar-refractivity contribution is 0.112. The summed E-state index contributed by atoms with van der Waals surface area (Å²) in [6, 6.07) is 0.0187. The van der Waals surface area contributed by atoms with Gasteiger partial charge in [0.25, 0.3) is 0 Å². The van der Waals surface area contributed by atoms with Crippen LogP contribution < -0.4 is 11.3 Å². The van der Waals surface area contributed by atoms with Crippen LogP contribution in [0.1, 0.15) is 30.6 Å². The highest BCUT2D eigenvalue weighted by atomic mass is 16.5. The third kappa shape index (κ3) is 3.02. The Bertz CT molecular complexity index is 298. The molecule has 0 radical (unpaired) electrons. The molecular formula is C10H20N4O. The van der Waals surface area contributed by atoms with Crippen LogP contribution in [0.5, 0.6) is 0 Å². The number of nitrogens with zero attached hydrogens (tertiary/aromatic N) is 2. The summed E-state index contributed by atoms with van der Waals surface area (Å²) in [5, 5.41) is 4.18. The van der Waals surface area contributed by atoms with Gasteiger partial charge in [-0.2, -0.15) is 5.10 Å². The van der Waals surface area contributed by atoms with Crippen molar-refractivity contribution in [1.29, 1.82) is 0 Å². The zero-order valence-electron chi connectivity index (χ0n) is 9.66. The van der Waals surface area contributed by atoms with Crippen molar-refractivity contribution < 1.29 is 4.74 Å². The maximum atomic E-state index is 5.50. The fourth-order valence-corrected chi connectivity index (χ4v) is 1.43. The molecule has 0 aliphatic heterocycles. The van der Waals surface area contributed by atoms with E-state index in [1.54, 1.807) is 0 Å². The molecule has 0 aliphatic rings. The Kier molecular flexibility index (Phi) is 4.74. The van der Waals surface area contributed by atoms with Gasteiger partial charge in [0.2, 0.25) is 0 Å². The molecule has 0 saturated carbocycles. The fraction of sp³-hybridized carbons (Fsp3) is 0.700. The zero-order chi connectivity index (χ0) is 11.3. The van der Waals surface area contributed by atoms with Crippen molar-refractivity contribution in [2.75, 3.05) is 13.2 Å². The molecule has 1 aromatic heterocycles. The first kappa shape index (κ1) is 12.2. The molecule has 1 rings (SSSR count). The van der Waals surface area contributed by atoms with Crippen molar-refractivity contribution in [3.63, 3.8) is 0 Å². The average Bonchev–Trinajstić information content (AvgIpc) is 2.56. The molecule has 0 aliphatic carbocycles. The standard InChI is InChI=1S/C10H20N4O/c1-4-5-15-7-10(13-11)9-6-12-14(3)8(9)2/h6,10,13H,4-5,7,11H2,1-3H3. The van der Waals surface area contributed by atoms with Crippen LogP contribution in [0.25, 0.3) is 0 Å². The van der Waals surface area contributed by atoms with Gasteiger partial charge in [0.15, 0.2) is 0 Å². The Morgan fingerprint density at radius 3 is 2.87 bits per heavy atom. The van der Waals surface area contributed by atoms with Crippen LogP contribution in [0.4, 0.5) is 0 Å². The van der Waals surface area contributed by atoms with Crippen LogP contribution in [-0.4, -0.2) is 23.0 Å². The third-order valence-electron chi connectivity index (χ3n) is 2.48. The average molecular weight is 212 g/mol. The Labute approximate surface area is 90.6 Å². The lowest BCUT2D eigenvalue weighted by Crippen LogP contribution is -2.31. The van der Waals surface area contributed by atoms with Gasteiger partial charge in [-0.05, 0) is 13.3 Å². The molecular weight excluding hydrogens is 192 g/mol. The van der Waals surface area contributed by atoms with Crippen LogP contribution in [0.2, 0.25) is 0 Å². The second kappa shape index (κ2) is 5.85. The smallest absolute Gasteiger partial charge is 0.0727 e. The minimum absolute atomic E-state index is 0.0187. The Hall–Kier alpha value is -0.910. The van der Waals surface area contributed by atoms with E-state index in [0.717, 1.165) is 24.3 Å². The second-order valence-electron chi connectivity index (χ2n) is 3.60. The van der Waals surface area contributed by atoms with Gasteiger partial charge >= 0.3 is 0 Å². The number of nitrogens with one attached hydrogen (secondary N) is 1. The number of aromatic nitrogens is 2. The fourth-order valence-electron chi connectivity index (χ4n) is 1.43. The molecule has 3 N–H and O–H groups in total. The van der Waals surface area contributed by atoms with Crippen molar-refractivity contribution in [3.05, 3.63) is 17.5 Å². The van der Waals surface area contributed by atoms with Crippen molar-refractivity contribution in [2.24, 2.45) is 12.9 Å². The summed E-state index contributed by atoms with van der Waals surface area (Å²) in [4.78, 5) is 0. The maximum absolute atomic E-state index is 5.50. The van der Waals surface area contributed by atoms with Crippen LogP contribution in [0, 0.1) is 6.92 Å². The van der Waals surface area contributed by atoms with E-state index in [4.69, 9.17) is 10.6 Å². The van der Waals surface area contributed by atoms with Crippen LogP contribution >= 0.6 is 0 Å². The summed E-state index contributed by atoms with van der Waals surface area (Å²) in [6.07, 6.45) is 2.85. The summed E-state index contributed by atoms with van der Waals surface area (Å²) < 4.78 is 7.31. The molecule has 0 spiro atoms. The third-order valence-corrected chi connectivity index (χ3v) is 2.48. The van der Waals surface area contributed by atoms with Gasteiger partial charge < -0.3 is 4.74 Å². The first-order chi connectivity index (χ1) is 7.20. The van der Waals surface area contributed by atoms with E-state index in [2.05, 4.69) is 17.4 Å². The van der Waals surface area contributed by atoms with Crippen LogP contribution in [0.3, 0.4) is 0 Å². The lowest BCUT2D eigenvalue weighted by Gasteiger charge is -2.15. The summed E-state index contributed by atoms with van der Waals surface area (Å²) in [5.41, 5.74) is 4.96. The van der Waals surface area contributed by atoms with Gasteiger partial charge in [-0.1, -0.05) is 6.92 Å². The molecule has 0 bridgehead atoms. The van der Waals surface area contributed by atoms with Crippen LogP contribution in [0.15, 0.2) is 6.20 Å². The highest BCUT2D eigenvalue weighted by Gasteiger charge is 2.15. The molecule has 1 aromatic rings. The summed E-state index contributed by atoms with van der Waals surface area (Å²) in [5.74, 6) is 5.50. The molecule has 0 amide bonds. The van der Waals surface area contributed by atoms with Crippen molar-refractivity contribution in [1.82, 2.24) is 15.2 Å². The lowest BCUT2D eigenvalue weighted by atomic mass is 10.1. The normalized spacial score (nSPS) is 13.1. The molecule has 15 heavy (non-hydrogen) atoms. The molecule has 5 heteroatoms. The topological polar surface area (TPSA) is 65.1 Å². The van der Waals surface area contributed by atoms with Crippen molar-refractivity contribution in [2.45, 2.75) is 26.3 Å². The second-order valence-corrected chi connectivity index (χ2v) is 3.60. The minimum Gasteiger partial charge on any atom is -0.379 e. The summed E-state index contributed by atoms with van der Waals surface area (Å²) in [7, 11) is 1.92. The van der Waals surface area contributed by atoms with Crippen molar-refractivity contribution >= 4 is 0 Å². The number of hydrogen-bond donors (Lipinski definition) is 2. The van der Waals surface area contributed by atoms with E-state index < -0.39 is 0 Å². The molecule has 1 heterocycles. The number of hydrazine groups is 1. The van der Waals surface area contributed by atoms with E-state index in [-0.39, 0.29) is 6.04 Å². The predicted molar refractivity (Wildman–Crippen MR) is 59.1 cm³/mol. The van der Waals surface area contributed by atoms with E-state index in [1.165, 1.54) is 0 Å². The van der Waals surface area contributed by atoms with Gasteiger partial charge in [0, 0.05) is 24.9 Å². The number of rotatable bonds is 6. The zero-order valence-corrected chi connectivity index (χ0v) is 9.66. The largest absolute Gasteiger partial charge is 0.379 e. The summed E-state index contributed by atoms with van der Waals surface area (Å²) >= 11 is 0. The quantitative estimate of drug-likeness (QED) is 0.413. The minimum atomic E-state index is 0.0187. The van der Waals surface area contributed by atoms with Gasteiger partial charge in [0.05, 0.1) is 18.8 Å². The van der Waals surface area contributed by atoms with Gasteiger partial charge in [0.1, 0.15) is 0 Å². The highest BCUT2D eigenvalue weighted by Crippen LogP contribution is 2.16. The molecule has 0 aromatic carbocycles. The van der Waals surface area contributed by atoms with Crippen LogP contribution in [-0.2, 0) is 11.8 Å². The van der Waals surface area contributed by atoms with E-state index in [0.29, 0.717) is 6.61 Å². The molecule has 0 saturated heterocycles. The monoisotopic (exact) mass is 212 g/mol. The van der Waals surface area contributed by atoms with Crippen molar-refractivity contribution in [3.8, 4) is 0 Å². The van der Waals surface area contributed by atoms with E-state index in [9.17, 15) is 0 Å². The van der Waals surface area contributed by atoms with E-state index in [1.807, 2.05) is 24.9 Å². The van der Waals surface area contributed by atoms with Gasteiger partial charge in [-0.25, -0.2) is 0 Å². The maximum Gasteiger partial charge on any atom is 0.0727 e. The molecule has 1 unspecified atom stereocenters. The predicted octanol–water partition coefficient (Wildman–Crippen LogP) is 0.660. The number of nitrogens with two attached hydrogens (primary N) is 1. The number of aryl methyl sites for hydroxylation is 1. The molecule has 0 fully saturated rings. The Morgan fingerprint density at radius 2 is 2.40 bits per heavy atom. The SMILES string of the molecule is CCCOCC(NN)c1cnn(C)c1C. The van der Waals surface area contributed by atoms with Gasteiger partial charge in [-0.3, -0.25) is 16.0 Å². The molecule has 5 nitrogen and oxygen atoms in total. The number of hydrogen-bond acceptors (Lipinski definition) is 4. The first-order valence-corrected chi connectivity index (χ1v) is 5.23.